The zero-order chi connectivity index (χ0) is 21.1. The summed E-state index contributed by atoms with van der Waals surface area (Å²) in [7, 11) is 0. The Labute approximate surface area is 179 Å². The average molecular weight is 426 g/mol. The number of hydrogen-bond donors (Lipinski definition) is 1. The molecule has 4 rings (SSSR count). The fraction of sp³-hybridized carbons (Fsp3) is 0.333. The van der Waals surface area contributed by atoms with Crippen molar-refractivity contribution in [2.24, 2.45) is 0 Å². The fourth-order valence-electron chi connectivity index (χ4n) is 3.17. The first-order valence-electron chi connectivity index (χ1n) is 9.77. The third-order valence-corrected chi connectivity index (χ3v) is 5.68. The summed E-state index contributed by atoms with van der Waals surface area (Å²) in [5.74, 6) is 2.23. The van der Waals surface area contributed by atoms with Crippen LogP contribution in [0.1, 0.15) is 32.3 Å². The number of anilines is 1. The van der Waals surface area contributed by atoms with Crippen molar-refractivity contribution in [2.45, 2.75) is 38.4 Å². The van der Waals surface area contributed by atoms with E-state index >= 15 is 0 Å². The van der Waals surface area contributed by atoms with E-state index in [2.05, 4.69) is 40.4 Å². The Balaban J connectivity index is 1.47. The second-order valence-corrected chi connectivity index (χ2v) is 8.01. The maximum Gasteiger partial charge on any atom is 0.260 e. The summed E-state index contributed by atoms with van der Waals surface area (Å²) in [5, 5.41) is 12.2. The molecule has 30 heavy (non-hydrogen) atoms. The van der Waals surface area contributed by atoms with E-state index in [-0.39, 0.29) is 18.5 Å². The van der Waals surface area contributed by atoms with Gasteiger partial charge in [-0.05, 0) is 36.6 Å². The Morgan fingerprint density at radius 3 is 2.93 bits per heavy atom. The number of nitrogens with zero attached hydrogens (tertiary/aromatic N) is 4. The van der Waals surface area contributed by atoms with Crippen LogP contribution in [0.4, 0.5) is 5.69 Å². The van der Waals surface area contributed by atoms with Crippen LogP contribution in [0.2, 0.25) is 0 Å². The van der Waals surface area contributed by atoms with Crippen LogP contribution in [0.5, 0.6) is 11.6 Å². The van der Waals surface area contributed by atoms with Crippen molar-refractivity contribution in [1.82, 2.24) is 19.7 Å². The van der Waals surface area contributed by atoms with Crippen LogP contribution in [0.3, 0.4) is 0 Å². The molecule has 0 bridgehead atoms. The number of thioether (sulfide) groups is 1. The molecule has 0 atom stereocenters. The van der Waals surface area contributed by atoms with E-state index in [1.807, 2.05) is 35.8 Å². The second kappa shape index (κ2) is 8.74. The van der Waals surface area contributed by atoms with Crippen LogP contribution < -0.4 is 14.8 Å². The summed E-state index contributed by atoms with van der Waals surface area (Å²) >= 11 is 1.35. The molecule has 1 aliphatic rings. The monoisotopic (exact) mass is 425 g/mol. The number of carbonyl (C=O) groups is 1. The van der Waals surface area contributed by atoms with Gasteiger partial charge in [-0.1, -0.05) is 37.7 Å². The van der Waals surface area contributed by atoms with Gasteiger partial charge in [0.15, 0.2) is 16.7 Å². The first-order chi connectivity index (χ1) is 14.6. The lowest BCUT2D eigenvalue weighted by Gasteiger charge is -2.10. The molecule has 0 spiro atoms. The van der Waals surface area contributed by atoms with Crippen LogP contribution in [-0.2, 0) is 11.3 Å². The van der Waals surface area contributed by atoms with Gasteiger partial charge in [0.25, 0.3) is 5.88 Å². The maximum atomic E-state index is 12.5. The Kier molecular flexibility index (Phi) is 5.89. The van der Waals surface area contributed by atoms with E-state index in [9.17, 15) is 4.79 Å². The minimum absolute atomic E-state index is 0.0883. The molecule has 8 nitrogen and oxygen atoms in total. The number of ether oxygens (including phenoxy) is 2. The van der Waals surface area contributed by atoms with Gasteiger partial charge in [0, 0.05) is 18.4 Å². The van der Waals surface area contributed by atoms with Crippen molar-refractivity contribution < 1.29 is 14.3 Å². The molecule has 0 saturated heterocycles. The topological polar surface area (TPSA) is 91.2 Å². The predicted molar refractivity (Wildman–Crippen MR) is 115 cm³/mol. The van der Waals surface area contributed by atoms with Gasteiger partial charge >= 0.3 is 0 Å². The summed E-state index contributed by atoms with van der Waals surface area (Å²) in [5.41, 5.74) is 2.76. The van der Waals surface area contributed by atoms with E-state index < -0.39 is 0 Å². The van der Waals surface area contributed by atoms with E-state index in [1.165, 1.54) is 17.3 Å². The first-order valence-corrected chi connectivity index (χ1v) is 10.8. The molecule has 1 aromatic carbocycles. The number of pyridine rings is 1. The van der Waals surface area contributed by atoms with Gasteiger partial charge in [0.1, 0.15) is 0 Å². The van der Waals surface area contributed by atoms with Gasteiger partial charge in [-0.25, -0.2) is 4.98 Å². The van der Waals surface area contributed by atoms with Crippen molar-refractivity contribution in [3.8, 4) is 23.0 Å². The lowest BCUT2D eigenvalue weighted by atomic mass is 10.0. The maximum absolute atomic E-state index is 12.5. The van der Waals surface area contributed by atoms with E-state index in [4.69, 9.17) is 9.47 Å². The summed E-state index contributed by atoms with van der Waals surface area (Å²) in [6, 6.07) is 9.74. The molecular weight excluding hydrogens is 402 g/mol. The van der Waals surface area contributed by atoms with Gasteiger partial charge in [-0.3, -0.25) is 4.79 Å². The number of rotatable bonds is 7. The van der Waals surface area contributed by atoms with Crippen molar-refractivity contribution in [3.05, 3.63) is 42.1 Å². The molecule has 9 heteroatoms. The Morgan fingerprint density at radius 2 is 2.13 bits per heavy atom. The zero-order valence-electron chi connectivity index (χ0n) is 17.1. The molecular formula is C21H23N5O3S. The standard InChI is InChI=1S/C21H23N5O3S/c1-4-26-19(16-8-9-22-20-18(16)28-12-29-20)24-25-21(26)30-11-17(27)23-15-7-5-6-14(10-15)13(2)3/h5-10,13H,4,11-12H2,1-3H3,(H,23,27). The summed E-state index contributed by atoms with van der Waals surface area (Å²) in [6.45, 7) is 7.05. The molecule has 3 aromatic rings. The molecule has 1 N–H and O–H groups in total. The minimum atomic E-state index is -0.0883. The van der Waals surface area contributed by atoms with Crippen LogP contribution in [0.25, 0.3) is 11.4 Å². The highest BCUT2D eigenvalue weighted by atomic mass is 32.2. The first kappa shape index (κ1) is 20.2. The number of hydrogen-bond acceptors (Lipinski definition) is 7. The molecule has 1 aliphatic heterocycles. The smallest absolute Gasteiger partial charge is 0.260 e. The third kappa shape index (κ3) is 4.11. The van der Waals surface area contributed by atoms with Gasteiger partial charge in [-0.15, -0.1) is 10.2 Å². The van der Waals surface area contributed by atoms with Crippen LogP contribution in [0, 0.1) is 0 Å². The van der Waals surface area contributed by atoms with Gasteiger partial charge in [-0.2, -0.15) is 0 Å². The number of aromatic nitrogens is 4. The molecule has 0 radical (unpaired) electrons. The van der Waals surface area contributed by atoms with Gasteiger partial charge in [0.2, 0.25) is 12.7 Å². The van der Waals surface area contributed by atoms with E-state index in [0.29, 0.717) is 35.1 Å². The van der Waals surface area contributed by atoms with Crippen molar-refractivity contribution in [3.63, 3.8) is 0 Å². The average Bonchev–Trinajstić information content (AvgIpc) is 3.38. The molecule has 156 valence electrons. The Morgan fingerprint density at radius 1 is 1.27 bits per heavy atom. The predicted octanol–water partition coefficient (Wildman–Crippen LogP) is 3.94. The fourth-order valence-corrected chi connectivity index (χ4v) is 3.98. The van der Waals surface area contributed by atoms with E-state index in [1.54, 1.807) is 6.20 Å². The molecule has 0 saturated carbocycles. The second-order valence-electron chi connectivity index (χ2n) is 7.07. The quantitative estimate of drug-likeness (QED) is 0.573. The van der Waals surface area contributed by atoms with Crippen LogP contribution >= 0.6 is 11.8 Å². The summed E-state index contributed by atoms with van der Waals surface area (Å²) in [6.07, 6.45) is 1.66. The molecule has 0 fully saturated rings. The molecule has 0 unspecified atom stereocenters. The molecule has 3 heterocycles. The normalized spacial score (nSPS) is 12.4. The minimum Gasteiger partial charge on any atom is -0.451 e. The van der Waals surface area contributed by atoms with Crippen molar-refractivity contribution in [1.29, 1.82) is 0 Å². The largest absolute Gasteiger partial charge is 0.451 e. The number of nitrogens with one attached hydrogen (secondary N) is 1. The van der Waals surface area contributed by atoms with Crippen molar-refractivity contribution >= 4 is 23.4 Å². The summed E-state index contributed by atoms with van der Waals surface area (Å²) in [4.78, 5) is 16.6. The highest BCUT2D eigenvalue weighted by Crippen LogP contribution is 2.39. The number of carbonyl (C=O) groups excluding carboxylic acids is 1. The molecule has 0 aliphatic carbocycles. The Bertz CT molecular complexity index is 1070. The highest BCUT2D eigenvalue weighted by molar-refractivity contribution is 7.99. The lowest BCUT2D eigenvalue weighted by Crippen LogP contribution is -2.15. The van der Waals surface area contributed by atoms with E-state index in [0.717, 1.165) is 11.3 Å². The molecule has 2 aromatic heterocycles. The van der Waals surface area contributed by atoms with Crippen molar-refractivity contribution in [2.75, 3.05) is 17.9 Å². The molecule has 1 amide bonds. The third-order valence-electron chi connectivity index (χ3n) is 4.71. The number of benzene rings is 1. The lowest BCUT2D eigenvalue weighted by molar-refractivity contribution is -0.113. The van der Waals surface area contributed by atoms with Gasteiger partial charge in [0.05, 0.1) is 11.3 Å². The van der Waals surface area contributed by atoms with Gasteiger partial charge < -0.3 is 19.4 Å². The van der Waals surface area contributed by atoms with Crippen LogP contribution in [0.15, 0.2) is 41.7 Å². The Hall–Kier alpha value is -3.07. The highest BCUT2D eigenvalue weighted by Gasteiger charge is 2.24. The van der Waals surface area contributed by atoms with Crippen LogP contribution in [-0.4, -0.2) is 38.2 Å². The SMILES string of the molecule is CCn1c(SCC(=O)Nc2cccc(C(C)C)c2)nnc1-c1ccnc2c1OCO2. The zero-order valence-corrected chi connectivity index (χ0v) is 17.9. The number of fused-ring (bicyclic) bond motifs is 1. The number of amides is 1. The summed E-state index contributed by atoms with van der Waals surface area (Å²) < 4.78 is 12.9.